The third-order valence-corrected chi connectivity index (χ3v) is 4.45. The van der Waals surface area contributed by atoms with E-state index in [4.69, 9.17) is 27.9 Å². The van der Waals surface area contributed by atoms with E-state index in [1.54, 1.807) is 12.1 Å². The molecule has 0 spiro atoms. The van der Waals surface area contributed by atoms with E-state index in [9.17, 15) is 0 Å². The minimum absolute atomic E-state index is 0.620. The lowest BCUT2D eigenvalue weighted by Crippen LogP contribution is -2.79. The topological polar surface area (TPSA) is 51.6 Å². The van der Waals surface area contributed by atoms with E-state index in [-0.39, 0.29) is 0 Å². The zero-order chi connectivity index (χ0) is 17.6. The van der Waals surface area contributed by atoms with E-state index in [0.29, 0.717) is 10.0 Å². The van der Waals surface area contributed by atoms with Gasteiger partial charge in [0.15, 0.2) is 0 Å². The largest absolute Gasteiger partial charge is 0.457 e. The predicted octanol–water partition coefficient (Wildman–Crippen LogP) is 4.32. The maximum absolute atomic E-state index is 6.20. The molecule has 0 saturated heterocycles. The molecule has 1 heterocycles. The van der Waals surface area contributed by atoms with Gasteiger partial charge in [0, 0.05) is 11.4 Å². The summed E-state index contributed by atoms with van der Waals surface area (Å²) in [5, 5.41) is 3.35. The average molecular weight is 375 g/mol. The van der Waals surface area contributed by atoms with Crippen molar-refractivity contribution in [2.24, 2.45) is 0 Å². The fraction of sp³-hybridized carbons (Fsp3) is 0.158. The maximum Gasteiger partial charge on any atom is 0.246 e. The Balaban J connectivity index is 1.54. The summed E-state index contributed by atoms with van der Waals surface area (Å²) >= 11 is 12.1. The maximum atomic E-state index is 6.20. The Morgan fingerprint density at radius 3 is 2.24 bits per heavy atom. The van der Waals surface area contributed by atoms with Crippen LogP contribution in [0.2, 0.25) is 10.0 Å². The van der Waals surface area contributed by atoms with Crippen molar-refractivity contribution < 1.29 is 10.1 Å². The van der Waals surface area contributed by atoms with Crippen LogP contribution in [0.3, 0.4) is 0 Å². The van der Waals surface area contributed by atoms with Crippen molar-refractivity contribution in [1.29, 1.82) is 0 Å². The van der Waals surface area contributed by atoms with Crippen molar-refractivity contribution in [3.8, 4) is 11.5 Å². The molecule has 3 rings (SSSR count). The van der Waals surface area contributed by atoms with Crippen LogP contribution in [0.25, 0.3) is 0 Å². The molecule has 1 aromatic heterocycles. The highest BCUT2D eigenvalue weighted by Crippen LogP contribution is 2.23. The van der Waals surface area contributed by atoms with Gasteiger partial charge in [0.05, 0.1) is 12.2 Å². The quantitative estimate of drug-likeness (QED) is 0.698. The molecular weight excluding hydrogens is 357 g/mol. The van der Waals surface area contributed by atoms with Crippen molar-refractivity contribution in [2.45, 2.75) is 13.3 Å². The molecule has 3 aromatic rings. The molecule has 128 valence electrons. The first-order chi connectivity index (χ1) is 12.1. The van der Waals surface area contributed by atoms with Gasteiger partial charge in [-0.05, 0) is 48.9 Å². The molecule has 2 aromatic carbocycles. The number of hydrogen-bond acceptors (Lipinski definition) is 3. The molecule has 0 saturated carbocycles. The Labute approximate surface area is 156 Å². The number of halogens is 2. The second-order valence-corrected chi connectivity index (χ2v) is 6.42. The van der Waals surface area contributed by atoms with Crippen LogP contribution in [0.4, 0.5) is 5.82 Å². The molecule has 0 bridgehead atoms. The number of aryl methyl sites for hydroxylation is 1. The van der Waals surface area contributed by atoms with Crippen LogP contribution in [-0.2, 0) is 6.42 Å². The van der Waals surface area contributed by atoms with Gasteiger partial charge in [-0.25, -0.2) is 4.98 Å². The first-order valence-corrected chi connectivity index (χ1v) is 8.70. The monoisotopic (exact) mass is 374 g/mol. The molecule has 0 aliphatic rings. The fourth-order valence-electron chi connectivity index (χ4n) is 2.36. The summed E-state index contributed by atoms with van der Waals surface area (Å²) < 4.78 is 5.79. The van der Waals surface area contributed by atoms with E-state index in [1.807, 2.05) is 36.5 Å². The SMILES string of the molecule is Cc1ncnc([NH2+]CCc2ccc(Oc3ccc(Cl)cc3)cc2)c1Cl. The Bertz CT molecular complexity index is 836. The first-order valence-electron chi connectivity index (χ1n) is 7.94. The minimum atomic E-state index is 0.620. The molecule has 0 aliphatic carbocycles. The summed E-state index contributed by atoms with van der Waals surface area (Å²) in [5.41, 5.74) is 2.02. The molecule has 0 amide bonds. The first kappa shape index (κ1) is 17.7. The molecular formula is C19H18Cl2N3O+. The van der Waals surface area contributed by atoms with E-state index < -0.39 is 0 Å². The highest BCUT2D eigenvalue weighted by molar-refractivity contribution is 6.32. The normalized spacial score (nSPS) is 10.7. The standard InChI is InChI=1S/C19H17Cl2N3O/c1-13-18(21)19(24-12-23-13)22-11-10-14-2-6-16(7-3-14)25-17-8-4-15(20)5-9-17/h2-9,12H,10-11H2,1H3,(H,22,23,24)/p+1. The predicted molar refractivity (Wildman–Crippen MR) is 99.9 cm³/mol. The second-order valence-electron chi connectivity index (χ2n) is 5.60. The smallest absolute Gasteiger partial charge is 0.246 e. The van der Waals surface area contributed by atoms with E-state index in [2.05, 4.69) is 22.1 Å². The average Bonchev–Trinajstić information content (AvgIpc) is 2.62. The number of nitrogens with zero attached hydrogens (tertiary/aromatic N) is 2. The van der Waals surface area contributed by atoms with Crippen LogP contribution in [-0.4, -0.2) is 16.5 Å². The fourth-order valence-corrected chi connectivity index (χ4v) is 2.66. The van der Waals surface area contributed by atoms with Gasteiger partial charge in [0.1, 0.15) is 22.8 Å². The Kier molecular flexibility index (Phi) is 5.87. The van der Waals surface area contributed by atoms with Gasteiger partial charge in [-0.1, -0.05) is 35.3 Å². The third kappa shape index (κ3) is 4.92. The Hall–Kier alpha value is -2.14. The number of quaternary nitrogens is 1. The summed E-state index contributed by atoms with van der Waals surface area (Å²) in [6, 6.07) is 15.4. The van der Waals surface area contributed by atoms with Gasteiger partial charge in [-0.2, -0.15) is 4.98 Å². The molecule has 0 aliphatic heterocycles. The van der Waals surface area contributed by atoms with Crippen molar-refractivity contribution in [3.05, 3.63) is 76.2 Å². The van der Waals surface area contributed by atoms with Crippen molar-refractivity contribution >= 4 is 29.0 Å². The second kappa shape index (κ2) is 8.30. The molecule has 0 atom stereocenters. The van der Waals surface area contributed by atoms with Gasteiger partial charge >= 0.3 is 0 Å². The summed E-state index contributed by atoms with van der Waals surface area (Å²) in [6.45, 7) is 2.73. The van der Waals surface area contributed by atoms with Gasteiger partial charge in [-0.3, -0.25) is 5.32 Å². The molecule has 0 unspecified atom stereocenters. The van der Waals surface area contributed by atoms with Gasteiger partial charge in [0.2, 0.25) is 5.82 Å². The van der Waals surface area contributed by atoms with Crippen LogP contribution < -0.4 is 10.1 Å². The zero-order valence-corrected chi connectivity index (χ0v) is 15.3. The Morgan fingerprint density at radius 1 is 0.920 bits per heavy atom. The van der Waals surface area contributed by atoms with Crippen molar-refractivity contribution in [2.75, 3.05) is 6.54 Å². The Morgan fingerprint density at radius 2 is 1.56 bits per heavy atom. The molecule has 0 fully saturated rings. The highest BCUT2D eigenvalue weighted by atomic mass is 35.5. The highest BCUT2D eigenvalue weighted by Gasteiger charge is 2.09. The molecule has 4 nitrogen and oxygen atoms in total. The number of nitrogens with two attached hydrogens (primary N) is 1. The van der Waals surface area contributed by atoms with Gasteiger partial charge < -0.3 is 4.74 Å². The zero-order valence-electron chi connectivity index (χ0n) is 13.7. The van der Waals surface area contributed by atoms with E-state index in [0.717, 1.165) is 36.0 Å². The van der Waals surface area contributed by atoms with Crippen LogP contribution in [0.15, 0.2) is 54.9 Å². The number of rotatable bonds is 6. The van der Waals surface area contributed by atoms with Crippen molar-refractivity contribution in [1.82, 2.24) is 9.97 Å². The number of ether oxygens (including phenoxy) is 1. The molecule has 2 N–H and O–H groups in total. The summed E-state index contributed by atoms with van der Waals surface area (Å²) in [4.78, 5) is 8.28. The molecule has 6 heteroatoms. The van der Waals surface area contributed by atoms with E-state index >= 15 is 0 Å². The van der Waals surface area contributed by atoms with Crippen LogP contribution in [0.5, 0.6) is 11.5 Å². The van der Waals surface area contributed by atoms with Gasteiger partial charge in [-0.15, -0.1) is 0 Å². The number of benzene rings is 2. The van der Waals surface area contributed by atoms with E-state index in [1.165, 1.54) is 11.9 Å². The lowest BCUT2D eigenvalue weighted by atomic mass is 10.1. The molecule has 25 heavy (non-hydrogen) atoms. The van der Waals surface area contributed by atoms with Crippen LogP contribution >= 0.6 is 23.2 Å². The number of hydrogen-bond donors (Lipinski definition) is 1. The molecule has 0 radical (unpaired) electrons. The number of aromatic nitrogens is 2. The third-order valence-electron chi connectivity index (χ3n) is 3.73. The summed E-state index contributed by atoms with van der Waals surface area (Å²) in [7, 11) is 0. The summed E-state index contributed by atoms with van der Waals surface area (Å²) in [5.74, 6) is 2.35. The van der Waals surface area contributed by atoms with Gasteiger partial charge in [0.25, 0.3) is 0 Å². The van der Waals surface area contributed by atoms with Crippen LogP contribution in [0, 0.1) is 6.92 Å². The summed E-state index contributed by atoms with van der Waals surface area (Å²) in [6.07, 6.45) is 2.44. The lowest BCUT2D eigenvalue weighted by molar-refractivity contribution is -0.574. The van der Waals surface area contributed by atoms with Crippen LogP contribution in [0.1, 0.15) is 11.3 Å². The minimum Gasteiger partial charge on any atom is -0.457 e. The lowest BCUT2D eigenvalue weighted by Gasteiger charge is -2.07. The van der Waals surface area contributed by atoms with Crippen molar-refractivity contribution in [3.63, 3.8) is 0 Å².